The molecule has 1 aromatic rings. The van der Waals surface area contributed by atoms with E-state index >= 15 is 0 Å². The molecule has 1 fully saturated rings. The van der Waals surface area contributed by atoms with Gasteiger partial charge in [0.25, 0.3) is 0 Å². The molecule has 1 heterocycles. The third-order valence-electron chi connectivity index (χ3n) is 4.08. The summed E-state index contributed by atoms with van der Waals surface area (Å²) >= 11 is 0. The Morgan fingerprint density at radius 2 is 2.26 bits per heavy atom. The van der Waals surface area contributed by atoms with Crippen molar-refractivity contribution in [3.63, 3.8) is 0 Å². The lowest BCUT2D eigenvalue weighted by molar-refractivity contribution is 0.199. The molecule has 19 heavy (non-hydrogen) atoms. The maximum Gasteiger partial charge on any atom is 0.0964 e. The minimum atomic E-state index is 0.555. The predicted octanol–water partition coefficient (Wildman–Crippen LogP) is 2.16. The SMILES string of the molecule is CCC1CCCCC1n1cc(CNCCOC)nn1. The highest BCUT2D eigenvalue weighted by Gasteiger charge is 2.25. The fraction of sp³-hybridized carbons (Fsp3) is 0.857. The van der Waals surface area contributed by atoms with Crippen molar-refractivity contribution in [2.45, 2.75) is 51.6 Å². The minimum absolute atomic E-state index is 0.555. The molecule has 0 aliphatic heterocycles. The number of rotatable bonds is 7. The molecule has 0 spiro atoms. The number of hydrogen-bond donors (Lipinski definition) is 1. The molecule has 1 aliphatic carbocycles. The van der Waals surface area contributed by atoms with Gasteiger partial charge in [0, 0.05) is 20.2 Å². The molecule has 5 heteroatoms. The lowest BCUT2D eigenvalue weighted by Crippen LogP contribution is -2.23. The highest BCUT2D eigenvalue weighted by atomic mass is 16.5. The third kappa shape index (κ3) is 4.01. The zero-order valence-electron chi connectivity index (χ0n) is 12.1. The Labute approximate surface area is 115 Å². The number of nitrogens with one attached hydrogen (secondary N) is 1. The van der Waals surface area contributed by atoms with Gasteiger partial charge in [-0.25, -0.2) is 4.68 Å². The molecular weight excluding hydrogens is 240 g/mol. The standard InChI is InChI=1S/C14H26N4O/c1-3-12-6-4-5-7-14(12)18-11-13(16-17-18)10-15-8-9-19-2/h11-12,14-15H,3-10H2,1-2H3. The van der Waals surface area contributed by atoms with E-state index in [1.807, 2.05) is 0 Å². The second kappa shape index (κ2) is 7.60. The summed E-state index contributed by atoms with van der Waals surface area (Å²) in [7, 11) is 1.71. The first kappa shape index (κ1) is 14.5. The highest BCUT2D eigenvalue weighted by molar-refractivity contribution is 4.94. The van der Waals surface area contributed by atoms with Crippen LogP contribution in [0.2, 0.25) is 0 Å². The van der Waals surface area contributed by atoms with E-state index in [2.05, 4.69) is 33.4 Å². The smallest absolute Gasteiger partial charge is 0.0964 e. The summed E-state index contributed by atoms with van der Waals surface area (Å²) < 4.78 is 7.10. The normalized spacial score (nSPS) is 23.7. The highest BCUT2D eigenvalue weighted by Crippen LogP contribution is 2.35. The van der Waals surface area contributed by atoms with Gasteiger partial charge in [0.05, 0.1) is 24.5 Å². The molecule has 2 rings (SSSR count). The Kier molecular flexibility index (Phi) is 5.79. The molecule has 0 saturated heterocycles. The van der Waals surface area contributed by atoms with Crippen LogP contribution in [0, 0.1) is 5.92 Å². The molecule has 1 aliphatic rings. The van der Waals surface area contributed by atoms with Gasteiger partial charge >= 0.3 is 0 Å². The van der Waals surface area contributed by atoms with Crippen molar-refractivity contribution < 1.29 is 4.74 Å². The topological polar surface area (TPSA) is 52.0 Å². The van der Waals surface area contributed by atoms with Gasteiger partial charge in [-0.15, -0.1) is 5.10 Å². The van der Waals surface area contributed by atoms with Gasteiger partial charge in [0.15, 0.2) is 0 Å². The van der Waals surface area contributed by atoms with Crippen LogP contribution in [0.25, 0.3) is 0 Å². The van der Waals surface area contributed by atoms with Crippen molar-refractivity contribution in [1.82, 2.24) is 20.3 Å². The van der Waals surface area contributed by atoms with Crippen molar-refractivity contribution >= 4 is 0 Å². The number of methoxy groups -OCH3 is 1. The van der Waals surface area contributed by atoms with Gasteiger partial charge in [0.1, 0.15) is 0 Å². The van der Waals surface area contributed by atoms with Crippen LogP contribution in [-0.2, 0) is 11.3 Å². The molecule has 0 amide bonds. The Bertz CT molecular complexity index is 366. The Balaban J connectivity index is 1.88. The molecule has 1 aromatic heterocycles. The summed E-state index contributed by atoms with van der Waals surface area (Å²) in [6.07, 6.45) is 8.63. The van der Waals surface area contributed by atoms with Crippen LogP contribution in [-0.4, -0.2) is 35.3 Å². The van der Waals surface area contributed by atoms with Crippen LogP contribution in [0.1, 0.15) is 50.8 Å². The van der Waals surface area contributed by atoms with E-state index in [4.69, 9.17) is 4.74 Å². The van der Waals surface area contributed by atoms with Crippen LogP contribution in [0.4, 0.5) is 0 Å². The molecule has 1 saturated carbocycles. The van der Waals surface area contributed by atoms with E-state index < -0.39 is 0 Å². The third-order valence-corrected chi connectivity index (χ3v) is 4.08. The first-order valence-corrected chi connectivity index (χ1v) is 7.45. The van der Waals surface area contributed by atoms with Gasteiger partial charge in [-0.05, 0) is 18.8 Å². The Morgan fingerprint density at radius 3 is 3.05 bits per heavy atom. The fourth-order valence-electron chi connectivity index (χ4n) is 2.96. The monoisotopic (exact) mass is 266 g/mol. The maximum absolute atomic E-state index is 5.01. The number of aromatic nitrogens is 3. The largest absolute Gasteiger partial charge is 0.383 e. The molecule has 0 aromatic carbocycles. The average Bonchev–Trinajstić information content (AvgIpc) is 2.92. The van der Waals surface area contributed by atoms with Crippen molar-refractivity contribution in [2.75, 3.05) is 20.3 Å². The Morgan fingerprint density at radius 1 is 1.42 bits per heavy atom. The molecule has 2 atom stereocenters. The summed E-state index contributed by atoms with van der Waals surface area (Å²) in [5.74, 6) is 0.768. The molecular formula is C14H26N4O. The predicted molar refractivity (Wildman–Crippen MR) is 74.9 cm³/mol. The van der Waals surface area contributed by atoms with Gasteiger partial charge in [-0.1, -0.05) is 31.4 Å². The van der Waals surface area contributed by atoms with E-state index in [-0.39, 0.29) is 0 Å². The second-order valence-electron chi connectivity index (χ2n) is 5.38. The van der Waals surface area contributed by atoms with Crippen molar-refractivity contribution in [3.8, 4) is 0 Å². The number of ether oxygens (including phenoxy) is 1. The minimum Gasteiger partial charge on any atom is -0.383 e. The van der Waals surface area contributed by atoms with Gasteiger partial charge in [0.2, 0.25) is 0 Å². The van der Waals surface area contributed by atoms with E-state index in [1.54, 1.807) is 7.11 Å². The summed E-state index contributed by atoms with van der Waals surface area (Å²) in [5, 5.41) is 11.9. The molecule has 0 bridgehead atoms. The molecule has 5 nitrogen and oxygen atoms in total. The zero-order chi connectivity index (χ0) is 13.5. The second-order valence-corrected chi connectivity index (χ2v) is 5.38. The van der Waals surface area contributed by atoms with Crippen LogP contribution < -0.4 is 5.32 Å². The van der Waals surface area contributed by atoms with E-state index in [9.17, 15) is 0 Å². The van der Waals surface area contributed by atoms with E-state index in [1.165, 1.54) is 32.1 Å². The van der Waals surface area contributed by atoms with Crippen LogP contribution >= 0.6 is 0 Å². The van der Waals surface area contributed by atoms with E-state index in [0.29, 0.717) is 6.04 Å². The average molecular weight is 266 g/mol. The quantitative estimate of drug-likeness (QED) is 0.768. The van der Waals surface area contributed by atoms with Gasteiger partial charge < -0.3 is 10.1 Å². The summed E-state index contributed by atoms with van der Waals surface area (Å²) in [6, 6.07) is 0.555. The van der Waals surface area contributed by atoms with E-state index in [0.717, 1.165) is 31.3 Å². The summed E-state index contributed by atoms with van der Waals surface area (Å²) in [4.78, 5) is 0. The molecule has 2 unspecified atom stereocenters. The lowest BCUT2D eigenvalue weighted by atomic mass is 9.83. The molecule has 0 radical (unpaired) electrons. The maximum atomic E-state index is 5.01. The number of hydrogen-bond acceptors (Lipinski definition) is 4. The van der Waals surface area contributed by atoms with Crippen molar-refractivity contribution in [2.24, 2.45) is 5.92 Å². The summed E-state index contributed by atoms with van der Waals surface area (Å²) in [5.41, 5.74) is 1.02. The van der Waals surface area contributed by atoms with Crippen molar-refractivity contribution in [1.29, 1.82) is 0 Å². The van der Waals surface area contributed by atoms with Crippen LogP contribution in [0.3, 0.4) is 0 Å². The zero-order valence-corrected chi connectivity index (χ0v) is 12.1. The Hall–Kier alpha value is -0.940. The van der Waals surface area contributed by atoms with Crippen molar-refractivity contribution in [3.05, 3.63) is 11.9 Å². The number of nitrogens with zero attached hydrogens (tertiary/aromatic N) is 3. The summed E-state index contributed by atoms with van der Waals surface area (Å²) in [6.45, 7) is 4.64. The molecule has 1 N–H and O–H groups in total. The molecule has 108 valence electrons. The van der Waals surface area contributed by atoms with Gasteiger partial charge in [-0.3, -0.25) is 0 Å². The lowest BCUT2D eigenvalue weighted by Gasteiger charge is -2.30. The fourth-order valence-corrected chi connectivity index (χ4v) is 2.96. The first-order valence-electron chi connectivity index (χ1n) is 7.45. The van der Waals surface area contributed by atoms with Crippen LogP contribution in [0.15, 0.2) is 6.20 Å². The van der Waals surface area contributed by atoms with Crippen LogP contribution in [0.5, 0.6) is 0 Å². The van der Waals surface area contributed by atoms with Gasteiger partial charge in [-0.2, -0.15) is 0 Å². The first-order chi connectivity index (χ1) is 9.35.